The zero-order valence-corrected chi connectivity index (χ0v) is 5.58. The predicted octanol–water partition coefficient (Wildman–Crippen LogP) is -0.436. The van der Waals surface area contributed by atoms with E-state index in [0.717, 1.165) is 25.9 Å². The first-order chi connectivity index (χ1) is 4.33. The summed E-state index contributed by atoms with van der Waals surface area (Å²) < 4.78 is 0. The van der Waals surface area contributed by atoms with Gasteiger partial charge in [0.15, 0.2) is 0 Å². The van der Waals surface area contributed by atoms with E-state index in [1.807, 2.05) is 5.01 Å². The van der Waals surface area contributed by atoms with Gasteiger partial charge in [0.25, 0.3) is 0 Å². The van der Waals surface area contributed by atoms with Crippen molar-refractivity contribution < 1.29 is 5.11 Å². The van der Waals surface area contributed by atoms with Gasteiger partial charge in [-0.25, -0.2) is 5.01 Å². The minimum absolute atomic E-state index is 0.304. The maximum atomic E-state index is 8.55. The number of aliphatic hydroxyl groups is 1. The molecule has 0 aromatic heterocycles. The Labute approximate surface area is 55.4 Å². The van der Waals surface area contributed by atoms with Crippen LogP contribution in [0.15, 0.2) is 0 Å². The van der Waals surface area contributed by atoms with E-state index in [-0.39, 0.29) is 0 Å². The lowest BCUT2D eigenvalue weighted by Gasteiger charge is -2.06. The number of nitrogens with two attached hydrogens (primary N) is 1. The third-order valence-electron chi connectivity index (χ3n) is 1.85. The summed E-state index contributed by atoms with van der Waals surface area (Å²) in [6.45, 7) is 2.25. The number of aliphatic hydroxyl groups excluding tert-OH is 1. The molecule has 54 valence electrons. The molecule has 1 heterocycles. The van der Waals surface area contributed by atoms with Crippen LogP contribution >= 0.6 is 0 Å². The summed E-state index contributed by atoms with van der Waals surface area (Å²) in [7, 11) is 0. The lowest BCUT2D eigenvalue weighted by molar-refractivity contribution is 0.252. The number of nitrogens with zero attached hydrogens (tertiary/aromatic N) is 1. The molecule has 0 spiro atoms. The Morgan fingerprint density at radius 1 is 1.67 bits per heavy atom. The fourth-order valence-electron chi connectivity index (χ4n) is 1.28. The van der Waals surface area contributed by atoms with Crippen LogP contribution in [0, 0.1) is 5.92 Å². The summed E-state index contributed by atoms with van der Waals surface area (Å²) in [6, 6.07) is 0. The van der Waals surface area contributed by atoms with Crippen LogP contribution in [-0.4, -0.2) is 29.8 Å². The van der Waals surface area contributed by atoms with Gasteiger partial charge in [0.05, 0.1) is 0 Å². The Hall–Kier alpha value is -0.120. The van der Waals surface area contributed by atoms with E-state index in [4.69, 9.17) is 10.9 Å². The molecule has 1 saturated heterocycles. The average Bonchev–Trinajstić information content (AvgIpc) is 2.17. The summed E-state index contributed by atoms with van der Waals surface area (Å²) in [5.74, 6) is 6.15. The van der Waals surface area contributed by atoms with E-state index >= 15 is 0 Å². The first kappa shape index (κ1) is 6.99. The zero-order chi connectivity index (χ0) is 6.69. The monoisotopic (exact) mass is 130 g/mol. The maximum absolute atomic E-state index is 8.55. The highest BCUT2D eigenvalue weighted by Gasteiger charge is 2.18. The molecular formula is C6H14N2O. The van der Waals surface area contributed by atoms with Gasteiger partial charge in [-0.05, 0) is 18.8 Å². The van der Waals surface area contributed by atoms with E-state index in [1.165, 1.54) is 0 Å². The summed E-state index contributed by atoms with van der Waals surface area (Å²) in [5.41, 5.74) is 0. The van der Waals surface area contributed by atoms with Gasteiger partial charge in [0.1, 0.15) is 0 Å². The van der Waals surface area contributed by atoms with Crippen molar-refractivity contribution in [2.24, 2.45) is 11.8 Å². The number of hydrazine groups is 1. The second-order valence-electron chi connectivity index (χ2n) is 2.66. The summed E-state index contributed by atoms with van der Waals surface area (Å²) in [4.78, 5) is 0. The normalized spacial score (nSPS) is 29.3. The molecule has 0 aromatic carbocycles. The molecule has 0 amide bonds. The van der Waals surface area contributed by atoms with Crippen molar-refractivity contribution in [2.45, 2.75) is 12.8 Å². The van der Waals surface area contributed by atoms with E-state index in [9.17, 15) is 0 Å². The molecule has 0 aromatic rings. The molecule has 1 rings (SSSR count). The quantitative estimate of drug-likeness (QED) is 0.498. The molecular weight excluding hydrogens is 116 g/mol. The van der Waals surface area contributed by atoms with Crippen molar-refractivity contribution in [1.29, 1.82) is 0 Å². The molecule has 0 radical (unpaired) electrons. The molecule has 0 unspecified atom stereocenters. The molecule has 0 aliphatic carbocycles. The van der Waals surface area contributed by atoms with Crippen LogP contribution in [0.5, 0.6) is 0 Å². The second kappa shape index (κ2) is 3.15. The van der Waals surface area contributed by atoms with Crippen molar-refractivity contribution in [2.75, 3.05) is 19.7 Å². The van der Waals surface area contributed by atoms with Gasteiger partial charge in [-0.15, -0.1) is 0 Å². The number of hydrogen-bond donors (Lipinski definition) is 2. The summed E-state index contributed by atoms with van der Waals surface area (Å²) >= 11 is 0. The van der Waals surface area contributed by atoms with E-state index in [2.05, 4.69) is 0 Å². The first-order valence-corrected chi connectivity index (χ1v) is 3.43. The van der Waals surface area contributed by atoms with Crippen molar-refractivity contribution in [1.82, 2.24) is 5.01 Å². The molecule has 3 N–H and O–H groups in total. The topological polar surface area (TPSA) is 49.5 Å². The predicted molar refractivity (Wildman–Crippen MR) is 35.6 cm³/mol. The van der Waals surface area contributed by atoms with Gasteiger partial charge < -0.3 is 5.11 Å². The Bertz CT molecular complexity index is 85.1. The van der Waals surface area contributed by atoms with Crippen molar-refractivity contribution >= 4 is 0 Å². The van der Waals surface area contributed by atoms with Crippen molar-refractivity contribution in [3.8, 4) is 0 Å². The lowest BCUT2D eigenvalue weighted by atomic mass is 10.1. The highest BCUT2D eigenvalue weighted by Crippen LogP contribution is 2.15. The smallest absolute Gasteiger partial charge is 0.0434 e. The average molecular weight is 130 g/mol. The van der Waals surface area contributed by atoms with Gasteiger partial charge in [0, 0.05) is 19.7 Å². The molecule has 3 heteroatoms. The maximum Gasteiger partial charge on any atom is 0.0434 e. The molecule has 1 atom stereocenters. The summed E-state index contributed by atoms with van der Waals surface area (Å²) in [6.07, 6.45) is 2.06. The lowest BCUT2D eigenvalue weighted by Crippen LogP contribution is -2.27. The van der Waals surface area contributed by atoms with Crippen LogP contribution in [0.2, 0.25) is 0 Å². The van der Waals surface area contributed by atoms with Gasteiger partial charge in [-0.3, -0.25) is 5.84 Å². The number of rotatable bonds is 2. The fourth-order valence-corrected chi connectivity index (χ4v) is 1.28. The molecule has 3 nitrogen and oxygen atoms in total. The Morgan fingerprint density at radius 3 is 2.89 bits per heavy atom. The van der Waals surface area contributed by atoms with Gasteiger partial charge in [-0.2, -0.15) is 0 Å². The van der Waals surface area contributed by atoms with Gasteiger partial charge in [-0.1, -0.05) is 0 Å². The second-order valence-corrected chi connectivity index (χ2v) is 2.66. The van der Waals surface area contributed by atoms with Crippen LogP contribution in [-0.2, 0) is 0 Å². The Morgan fingerprint density at radius 2 is 2.44 bits per heavy atom. The molecule has 1 aliphatic rings. The Kier molecular flexibility index (Phi) is 2.45. The third kappa shape index (κ3) is 1.93. The minimum atomic E-state index is 0.304. The third-order valence-corrected chi connectivity index (χ3v) is 1.85. The number of hydrogen-bond acceptors (Lipinski definition) is 3. The minimum Gasteiger partial charge on any atom is -0.396 e. The van der Waals surface area contributed by atoms with E-state index < -0.39 is 0 Å². The first-order valence-electron chi connectivity index (χ1n) is 3.43. The highest BCUT2D eigenvalue weighted by molar-refractivity contribution is 4.70. The standard InChI is InChI=1S/C6H14N2O/c7-8-3-1-6(5-8)2-4-9/h6,9H,1-5,7H2/t6-/m1/s1. The molecule has 1 fully saturated rings. The van der Waals surface area contributed by atoms with Crippen molar-refractivity contribution in [3.63, 3.8) is 0 Å². The van der Waals surface area contributed by atoms with E-state index in [0.29, 0.717) is 12.5 Å². The van der Waals surface area contributed by atoms with Crippen LogP contribution in [0.4, 0.5) is 0 Å². The fraction of sp³-hybridized carbons (Fsp3) is 1.00. The van der Waals surface area contributed by atoms with Gasteiger partial charge >= 0.3 is 0 Å². The molecule has 1 aliphatic heterocycles. The Balaban J connectivity index is 2.14. The zero-order valence-electron chi connectivity index (χ0n) is 5.58. The van der Waals surface area contributed by atoms with Crippen LogP contribution in [0.3, 0.4) is 0 Å². The SMILES string of the molecule is NN1CC[C@H](CCO)C1. The molecule has 0 saturated carbocycles. The van der Waals surface area contributed by atoms with Crippen LogP contribution < -0.4 is 5.84 Å². The highest BCUT2D eigenvalue weighted by atomic mass is 16.3. The van der Waals surface area contributed by atoms with Crippen molar-refractivity contribution in [3.05, 3.63) is 0 Å². The van der Waals surface area contributed by atoms with Crippen LogP contribution in [0.25, 0.3) is 0 Å². The van der Waals surface area contributed by atoms with Gasteiger partial charge in [0.2, 0.25) is 0 Å². The largest absolute Gasteiger partial charge is 0.396 e. The molecule has 0 bridgehead atoms. The summed E-state index contributed by atoms with van der Waals surface area (Å²) in [5, 5.41) is 10.4. The molecule has 9 heavy (non-hydrogen) atoms. The van der Waals surface area contributed by atoms with E-state index in [1.54, 1.807) is 0 Å². The van der Waals surface area contributed by atoms with Crippen LogP contribution in [0.1, 0.15) is 12.8 Å².